The second-order valence-corrected chi connectivity index (χ2v) is 11.2. The van der Waals surface area contributed by atoms with Crippen molar-refractivity contribution in [1.82, 2.24) is 29.9 Å². The van der Waals surface area contributed by atoms with Gasteiger partial charge in [0.2, 0.25) is 5.88 Å². The topological polar surface area (TPSA) is 99.3 Å². The standard InChI is InChI=1S/C34H30F3N7O3/c1-46-25-8-3-21(4-9-25)20-43-28-10-5-22(23-6-12-30(47-2)39-19-23)17-26(28)32-31(33(43)45)40-41-44(32)24-7-11-29(27(18-24)34(35,36)37)42-15-13-38-14-16-42/h3-12,17-19,38H,13-16,20H2,1-2H3. The summed E-state index contributed by atoms with van der Waals surface area (Å²) in [6.07, 6.45) is -2.95. The lowest BCUT2D eigenvalue weighted by Crippen LogP contribution is -2.44. The average Bonchev–Trinajstić information content (AvgIpc) is 3.56. The van der Waals surface area contributed by atoms with E-state index in [9.17, 15) is 18.0 Å². The zero-order chi connectivity index (χ0) is 32.7. The van der Waals surface area contributed by atoms with Gasteiger partial charge in [-0.25, -0.2) is 9.67 Å². The van der Waals surface area contributed by atoms with E-state index < -0.39 is 17.3 Å². The monoisotopic (exact) mass is 641 g/mol. The molecule has 0 aliphatic carbocycles. The fourth-order valence-electron chi connectivity index (χ4n) is 6.03. The van der Waals surface area contributed by atoms with Crippen molar-refractivity contribution in [3.05, 3.63) is 100 Å². The van der Waals surface area contributed by atoms with Gasteiger partial charge >= 0.3 is 6.18 Å². The predicted octanol–water partition coefficient (Wildman–Crippen LogP) is 5.29. The molecule has 0 unspecified atom stereocenters. The van der Waals surface area contributed by atoms with Gasteiger partial charge < -0.3 is 24.3 Å². The second-order valence-electron chi connectivity index (χ2n) is 11.2. The number of anilines is 1. The van der Waals surface area contributed by atoms with E-state index >= 15 is 0 Å². The van der Waals surface area contributed by atoms with E-state index in [1.807, 2.05) is 48.5 Å². The highest BCUT2D eigenvalue weighted by Gasteiger charge is 2.36. The number of piperazine rings is 1. The van der Waals surface area contributed by atoms with Crippen LogP contribution in [0.2, 0.25) is 0 Å². The first kappa shape index (κ1) is 30.2. The number of hydrogen-bond donors (Lipinski definition) is 1. The molecule has 0 radical (unpaired) electrons. The number of methoxy groups -OCH3 is 2. The summed E-state index contributed by atoms with van der Waals surface area (Å²) in [5.41, 5.74) is 2.39. The normalized spacial score (nSPS) is 13.8. The van der Waals surface area contributed by atoms with Crippen molar-refractivity contribution < 1.29 is 22.6 Å². The lowest BCUT2D eigenvalue weighted by molar-refractivity contribution is -0.137. The molecular formula is C34H30F3N7O3. The SMILES string of the molecule is COc1ccc(Cn2c(=O)c3nnn(-c4ccc(N5CCNCC5)c(C(F)(F)F)c4)c3c3cc(-c4ccc(OC)nc4)ccc32)cc1. The van der Waals surface area contributed by atoms with E-state index in [-0.39, 0.29) is 23.4 Å². The lowest BCUT2D eigenvalue weighted by atomic mass is 10.0. The van der Waals surface area contributed by atoms with E-state index in [4.69, 9.17) is 9.47 Å². The van der Waals surface area contributed by atoms with Crippen LogP contribution in [0.4, 0.5) is 18.9 Å². The third kappa shape index (κ3) is 5.63. The van der Waals surface area contributed by atoms with E-state index in [2.05, 4.69) is 20.6 Å². The van der Waals surface area contributed by atoms with Crippen LogP contribution in [-0.2, 0) is 12.7 Å². The molecule has 1 fully saturated rings. The average molecular weight is 642 g/mol. The van der Waals surface area contributed by atoms with Crippen LogP contribution in [0.25, 0.3) is 38.8 Å². The smallest absolute Gasteiger partial charge is 0.418 e. The molecule has 0 spiro atoms. The van der Waals surface area contributed by atoms with Crippen LogP contribution in [0.3, 0.4) is 0 Å². The first-order valence-electron chi connectivity index (χ1n) is 15.0. The molecule has 3 aromatic heterocycles. The van der Waals surface area contributed by atoms with Crippen molar-refractivity contribution in [2.45, 2.75) is 12.7 Å². The quantitative estimate of drug-likeness (QED) is 0.251. The highest BCUT2D eigenvalue weighted by Crippen LogP contribution is 2.39. The van der Waals surface area contributed by atoms with Gasteiger partial charge in [-0.15, -0.1) is 5.10 Å². The summed E-state index contributed by atoms with van der Waals surface area (Å²) in [7, 11) is 3.11. The number of aromatic nitrogens is 5. The molecule has 10 nitrogen and oxygen atoms in total. The molecule has 240 valence electrons. The van der Waals surface area contributed by atoms with Gasteiger partial charge in [0.05, 0.1) is 37.5 Å². The summed E-state index contributed by atoms with van der Waals surface area (Å²) in [6, 6.07) is 20.7. The Labute approximate surface area is 267 Å². The molecule has 1 saturated heterocycles. The molecule has 47 heavy (non-hydrogen) atoms. The highest BCUT2D eigenvalue weighted by molar-refractivity contribution is 6.04. The summed E-state index contributed by atoms with van der Waals surface area (Å²) in [5, 5.41) is 12.3. The van der Waals surface area contributed by atoms with Gasteiger partial charge in [0.1, 0.15) is 11.3 Å². The maximum Gasteiger partial charge on any atom is 0.418 e. The number of halogens is 3. The molecule has 1 aliphatic rings. The number of benzene rings is 3. The van der Waals surface area contributed by atoms with Crippen molar-refractivity contribution in [2.24, 2.45) is 0 Å². The van der Waals surface area contributed by atoms with Crippen LogP contribution < -0.4 is 25.2 Å². The molecule has 6 aromatic rings. The maximum atomic E-state index is 14.5. The van der Waals surface area contributed by atoms with Crippen LogP contribution in [-0.4, -0.2) is 64.9 Å². The van der Waals surface area contributed by atoms with Gasteiger partial charge in [0, 0.05) is 55.1 Å². The van der Waals surface area contributed by atoms with E-state index in [0.717, 1.165) is 22.8 Å². The van der Waals surface area contributed by atoms with E-state index in [1.54, 1.807) is 34.9 Å². The molecule has 3 aromatic carbocycles. The Bertz CT molecular complexity index is 2140. The molecule has 13 heteroatoms. The first-order valence-corrected chi connectivity index (χ1v) is 15.0. The number of pyridine rings is 2. The summed E-state index contributed by atoms with van der Waals surface area (Å²) >= 11 is 0. The zero-order valence-corrected chi connectivity index (χ0v) is 25.6. The van der Waals surface area contributed by atoms with Gasteiger partial charge in [-0.2, -0.15) is 13.2 Å². The molecule has 0 bridgehead atoms. The minimum Gasteiger partial charge on any atom is -0.497 e. The fraction of sp³-hybridized carbons (Fsp3) is 0.235. The number of alkyl halides is 3. The predicted molar refractivity (Wildman–Crippen MR) is 173 cm³/mol. The second kappa shape index (κ2) is 12.1. The Morgan fingerprint density at radius 1 is 0.894 bits per heavy atom. The number of rotatable bonds is 7. The van der Waals surface area contributed by atoms with Crippen LogP contribution in [0.1, 0.15) is 11.1 Å². The number of nitrogens with zero attached hydrogens (tertiary/aromatic N) is 6. The minimum atomic E-state index is -4.62. The lowest BCUT2D eigenvalue weighted by Gasteiger charge is -2.31. The summed E-state index contributed by atoms with van der Waals surface area (Å²) in [6.45, 7) is 2.32. The van der Waals surface area contributed by atoms with Gasteiger partial charge in [-0.05, 0) is 59.7 Å². The Morgan fingerprint density at radius 2 is 1.66 bits per heavy atom. The molecule has 4 heterocycles. The number of fused-ring (bicyclic) bond motifs is 3. The molecule has 7 rings (SSSR count). The number of nitrogens with one attached hydrogen (secondary N) is 1. The highest BCUT2D eigenvalue weighted by atomic mass is 19.4. The summed E-state index contributed by atoms with van der Waals surface area (Å²) < 4.78 is 56.9. The Morgan fingerprint density at radius 3 is 2.34 bits per heavy atom. The zero-order valence-electron chi connectivity index (χ0n) is 25.6. The summed E-state index contributed by atoms with van der Waals surface area (Å²) in [5.74, 6) is 1.14. The van der Waals surface area contributed by atoms with Crippen molar-refractivity contribution >= 4 is 27.6 Å². The Balaban J connectivity index is 1.44. The van der Waals surface area contributed by atoms with E-state index in [0.29, 0.717) is 54.2 Å². The number of hydrogen-bond acceptors (Lipinski definition) is 8. The van der Waals surface area contributed by atoms with Gasteiger partial charge in [-0.3, -0.25) is 4.79 Å². The molecule has 1 N–H and O–H groups in total. The van der Waals surface area contributed by atoms with Gasteiger partial charge in [0.25, 0.3) is 5.56 Å². The van der Waals surface area contributed by atoms with Gasteiger partial charge in [0.15, 0.2) is 5.52 Å². The third-order valence-electron chi connectivity index (χ3n) is 8.43. The van der Waals surface area contributed by atoms with Crippen LogP contribution in [0.15, 0.2) is 83.8 Å². The van der Waals surface area contributed by atoms with Crippen LogP contribution >= 0.6 is 0 Å². The number of ether oxygens (including phenoxy) is 2. The summed E-state index contributed by atoms with van der Waals surface area (Å²) in [4.78, 5) is 20.1. The largest absolute Gasteiger partial charge is 0.497 e. The van der Waals surface area contributed by atoms with Crippen molar-refractivity contribution in [3.63, 3.8) is 0 Å². The van der Waals surface area contributed by atoms with Crippen LogP contribution in [0.5, 0.6) is 11.6 Å². The molecule has 0 saturated carbocycles. The van der Waals surface area contributed by atoms with Crippen molar-refractivity contribution in [1.29, 1.82) is 0 Å². The Kier molecular flexibility index (Phi) is 7.76. The molecule has 0 atom stereocenters. The maximum absolute atomic E-state index is 14.5. The third-order valence-corrected chi connectivity index (χ3v) is 8.43. The first-order chi connectivity index (χ1) is 22.7. The Hall–Kier alpha value is -5.43. The van der Waals surface area contributed by atoms with E-state index in [1.165, 1.54) is 17.9 Å². The van der Waals surface area contributed by atoms with Crippen molar-refractivity contribution in [2.75, 3.05) is 45.3 Å². The molecular weight excluding hydrogens is 611 g/mol. The van der Waals surface area contributed by atoms with Crippen molar-refractivity contribution in [3.8, 4) is 28.4 Å². The van der Waals surface area contributed by atoms with Gasteiger partial charge in [-0.1, -0.05) is 23.4 Å². The molecule has 1 aliphatic heterocycles. The molecule has 0 amide bonds. The van der Waals surface area contributed by atoms with Crippen LogP contribution in [0, 0.1) is 0 Å². The fourth-order valence-corrected chi connectivity index (χ4v) is 6.03. The minimum absolute atomic E-state index is 0.0377.